The summed E-state index contributed by atoms with van der Waals surface area (Å²) in [5, 5.41) is 11.3. The Balaban J connectivity index is 3.20. The molecule has 0 heterocycles. The van der Waals surface area contributed by atoms with Gasteiger partial charge in [0.05, 0.1) is 18.9 Å². The fraction of sp³-hybridized carbons (Fsp3) is 0.333. The third-order valence-electron chi connectivity index (χ3n) is 2.12. The van der Waals surface area contributed by atoms with Gasteiger partial charge in [0.25, 0.3) is 0 Å². The van der Waals surface area contributed by atoms with Crippen molar-refractivity contribution in [2.24, 2.45) is 0 Å². The molecule has 0 unspecified atom stereocenters. The van der Waals surface area contributed by atoms with E-state index in [1.807, 2.05) is 0 Å². The van der Waals surface area contributed by atoms with Crippen molar-refractivity contribution in [1.82, 2.24) is 0 Å². The highest BCUT2D eigenvalue weighted by atomic mass is 19.1. The number of carbonyl (C=O) groups excluding carboxylic acids is 1. The Morgan fingerprint density at radius 2 is 2.00 bits per heavy atom. The van der Waals surface area contributed by atoms with Gasteiger partial charge in [-0.25, -0.2) is 14.0 Å². The number of anilines is 1. The van der Waals surface area contributed by atoms with Crippen molar-refractivity contribution >= 4 is 17.7 Å². The summed E-state index contributed by atoms with van der Waals surface area (Å²) in [5.74, 6) is -2.63. The third-order valence-corrected chi connectivity index (χ3v) is 2.12. The lowest BCUT2D eigenvalue weighted by Gasteiger charge is -2.13. The molecule has 0 saturated heterocycles. The predicted molar refractivity (Wildman–Crippen MR) is 65.2 cm³/mol. The van der Waals surface area contributed by atoms with Gasteiger partial charge in [-0.2, -0.15) is 0 Å². The molecule has 0 aliphatic rings. The van der Waals surface area contributed by atoms with E-state index in [1.165, 1.54) is 0 Å². The van der Waals surface area contributed by atoms with Gasteiger partial charge in [-0.3, -0.25) is 5.32 Å². The second-order valence-electron chi connectivity index (χ2n) is 3.38. The fourth-order valence-electron chi connectivity index (χ4n) is 1.44. The molecule has 0 spiro atoms. The molecule has 0 aliphatic heterocycles. The zero-order chi connectivity index (χ0) is 14.4. The molecule has 0 radical (unpaired) electrons. The number of carboxylic acids is 1. The molecule has 0 aliphatic carbocycles. The molecule has 1 aromatic rings. The topological polar surface area (TPSA) is 84.9 Å². The van der Waals surface area contributed by atoms with Crippen molar-refractivity contribution in [3.8, 4) is 5.75 Å². The minimum absolute atomic E-state index is 0.0872. The number of rotatable bonds is 5. The summed E-state index contributed by atoms with van der Waals surface area (Å²) in [6.45, 7) is 3.43. The lowest BCUT2D eigenvalue weighted by atomic mass is 10.1. The first-order chi connectivity index (χ1) is 9.01. The van der Waals surface area contributed by atoms with Crippen LogP contribution in [0.3, 0.4) is 0 Å². The number of ether oxygens (including phenoxy) is 2. The second-order valence-corrected chi connectivity index (χ2v) is 3.38. The van der Waals surface area contributed by atoms with Gasteiger partial charge < -0.3 is 14.6 Å². The van der Waals surface area contributed by atoms with Crippen molar-refractivity contribution in [2.75, 3.05) is 18.5 Å². The lowest BCUT2D eigenvalue weighted by Crippen LogP contribution is -2.17. The van der Waals surface area contributed by atoms with Crippen LogP contribution in [0.2, 0.25) is 0 Å². The van der Waals surface area contributed by atoms with E-state index in [-0.39, 0.29) is 18.9 Å². The predicted octanol–water partition coefficient (Wildman–Crippen LogP) is 2.49. The van der Waals surface area contributed by atoms with Crippen molar-refractivity contribution in [1.29, 1.82) is 0 Å². The van der Waals surface area contributed by atoms with Crippen LogP contribution in [-0.4, -0.2) is 30.4 Å². The van der Waals surface area contributed by atoms with Crippen LogP contribution in [0.15, 0.2) is 12.1 Å². The normalized spacial score (nSPS) is 9.84. The molecule has 7 heteroatoms. The molecule has 1 amide bonds. The summed E-state index contributed by atoms with van der Waals surface area (Å²) >= 11 is 0. The first-order valence-corrected chi connectivity index (χ1v) is 5.63. The maximum atomic E-state index is 13.5. The molecule has 0 saturated carbocycles. The molecule has 0 fully saturated rings. The number of amides is 1. The molecule has 1 rings (SSSR count). The molecule has 1 aromatic carbocycles. The minimum atomic E-state index is -1.41. The zero-order valence-electron chi connectivity index (χ0n) is 10.5. The van der Waals surface area contributed by atoms with E-state index in [2.05, 4.69) is 10.1 Å². The summed E-state index contributed by atoms with van der Waals surface area (Å²) in [7, 11) is 0. The van der Waals surface area contributed by atoms with Gasteiger partial charge in [0.2, 0.25) is 0 Å². The van der Waals surface area contributed by atoms with Crippen molar-refractivity contribution in [3.63, 3.8) is 0 Å². The van der Waals surface area contributed by atoms with Crippen LogP contribution in [-0.2, 0) is 4.74 Å². The largest absolute Gasteiger partial charge is 0.490 e. The molecule has 0 aromatic heterocycles. The van der Waals surface area contributed by atoms with Crippen LogP contribution >= 0.6 is 0 Å². The van der Waals surface area contributed by atoms with E-state index < -0.39 is 29.2 Å². The zero-order valence-corrected chi connectivity index (χ0v) is 10.5. The monoisotopic (exact) mass is 271 g/mol. The molecular weight excluding hydrogens is 257 g/mol. The smallest absolute Gasteiger partial charge is 0.411 e. The molecule has 19 heavy (non-hydrogen) atoms. The lowest BCUT2D eigenvalue weighted by molar-refractivity contribution is 0.0692. The number of hydrogen-bond acceptors (Lipinski definition) is 4. The van der Waals surface area contributed by atoms with Crippen molar-refractivity contribution in [3.05, 3.63) is 23.5 Å². The van der Waals surface area contributed by atoms with Crippen LogP contribution in [0, 0.1) is 5.82 Å². The number of halogens is 1. The highest BCUT2D eigenvalue weighted by Crippen LogP contribution is 2.30. The Labute approximate surface area is 109 Å². The van der Waals surface area contributed by atoms with Gasteiger partial charge in [0.1, 0.15) is 5.56 Å². The Kier molecular flexibility index (Phi) is 5.11. The van der Waals surface area contributed by atoms with E-state index in [9.17, 15) is 14.0 Å². The summed E-state index contributed by atoms with van der Waals surface area (Å²) in [6.07, 6.45) is -0.820. The fourth-order valence-corrected chi connectivity index (χ4v) is 1.44. The van der Waals surface area contributed by atoms with E-state index >= 15 is 0 Å². The van der Waals surface area contributed by atoms with Crippen molar-refractivity contribution < 1.29 is 28.6 Å². The number of carboxylic acid groups (broad SMARTS) is 1. The summed E-state index contributed by atoms with van der Waals surface area (Å²) in [6, 6.07) is 2.15. The van der Waals surface area contributed by atoms with E-state index in [0.717, 1.165) is 12.1 Å². The van der Waals surface area contributed by atoms with Gasteiger partial charge in [0.15, 0.2) is 11.6 Å². The molecule has 0 bridgehead atoms. The maximum absolute atomic E-state index is 13.5. The number of carbonyl (C=O) groups is 2. The van der Waals surface area contributed by atoms with Gasteiger partial charge in [-0.15, -0.1) is 0 Å². The number of hydrogen-bond donors (Lipinski definition) is 2. The summed E-state index contributed by atoms with van der Waals surface area (Å²) in [5.41, 5.74) is -0.536. The first kappa shape index (κ1) is 14.7. The van der Waals surface area contributed by atoms with E-state index in [1.54, 1.807) is 13.8 Å². The first-order valence-electron chi connectivity index (χ1n) is 5.63. The maximum Gasteiger partial charge on any atom is 0.411 e. The van der Waals surface area contributed by atoms with Crippen LogP contribution in [0.5, 0.6) is 5.75 Å². The molecule has 2 N–H and O–H groups in total. The molecule has 0 atom stereocenters. The van der Waals surface area contributed by atoms with Gasteiger partial charge in [-0.1, -0.05) is 0 Å². The standard InChI is InChI=1S/C12H14FNO5/c1-3-18-10-7(13)5-6-8(9(10)11(15)16)14-12(17)19-4-2/h5-6H,3-4H2,1-2H3,(H,14,17)(H,15,16). The van der Waals surface area contributed by atoms with Crippen LogP contribution in [0.1, 0.15) is 24.2 Å². The van der Waals surface area contributed by atoms with Crippen LogP contribution in [0.25, 0.3) is 0 Å². The number of benzene rings is 1. The minimum Gasteiger partial charge on any atom is -0.490 e. The van der Waals surface area contributed by atoms with Crippen molar-refractivity contribution in [2.45, 2.75) is 13.8 Å². The Hall–Kier alpha value is -2.31. The van der Waals surface area contributed by atoms with Gasteiger partial charge in [-0.05, 0) is 26.0 Å². The average molecular weight is 271 g/mol. The van der Waals surface area contributed by atoms with E-state index in [4.69, 9.17) is 9.84 Å². The summed E-state index contributed by atoms with van der Waals surface area (Å²) < 4.78 is 23.1. The second kappa shape index (κ2) is 6.58. The SMILES string of the molecule is CCOC(=O)Nc1ccc(F)c(OCC)c1C(=O)O. The van der Waals surface area contributed by atoms with Crippen LogP contribution in [0.4, 0.5) is 14.9 Å². The molecule has 104 valence electrons. The summed E-state index contributed by atoms with van der Waals surface area (Å²) in [4.78, 5) is 22.5. The molecular formula is C12H14FNO5. The Morgan fingerprint density at radius 3 is 2.53 bits per heavy atom. The van der Waals surface area contributed by atoms with Gasteiger partial charge >= 0.3 is 12.1 Å². The quantitative estimate of drug-likeness (QED) is 0.859. The highest BCUT2D eigenvalue weighted by molar-refractivity contribution is 6.01. The Bertz CT molecular complexity index is 489. The number of nitrogens with one attached hydrogen (secondary N) is 1. The van der Waals surface area contributed by atoms with Gasteiger partial charge in [0, 0.05) is 0 Å². The average Bonchev–Trinajstić information content (AvgIpc) is 2.33. The van der Waals surface area contributed by atoms with Crippen LogP contribution < -0.4 is 10.1 Å². The Morgan fingerprint density at radius 1 is 1.32 bits per heavy atom. The third kappa shape index (κ3) is 3.57. The molecule has 6 nitrogen and oxygen atoms in total. The highest BCUT2D eigenvalue weighted by Gasteiger charge is 2.22. The number of aromatic carboxylic acids is 1. The van der Waals surface area contributed by atoms with E-state index in [0.29, 0.717) is 0 Å².